The second-order valence-corrected chi connectivity index (χ2v) is 3.16. The topological polar surface area (TPSA) is 55.8 Å². The van der Waals surface area contributed by atoms with Gasteiger partial charge in [-0.15, -0.1) is 0 Å². The van der Waals surface area contributed by atoms with E-state index in [-0.39, 0.29) is 0 Å². The molecule has 0 aliphatic heterocycles. The summed E-state index contributed by atoms with van der Waals surface area (Å²) in [6.07, 6.45) is -10.2. The summed E-state index contributed by atoms with van der Waals surface area (Å²) in [4.78, 5) is 8.02. The fraction of sp³-hybridized carbons (Fsp3) is 1.00. The molecule has 4 nitrogen and oxygen atoms in total. The molecule has 1 N–H and O–H groups in total. The number of rotatable bonds is 4. The van der Waals surface area contributed by atoms with Crippen molar-refractivity contribution in [1.29, 1.82) is 0 Å². The number of phosphoric ester groups is 1. The fourth-order valence-corrected chi connectivity index (χ4v) is 0.776. The van der Waals surface area contributed by atoms with Gasteiger partial charge in [0.05, 0.1) is 0 Å². The zero-order chi connectivity index (χ0) is 10.7. The fourth-order valence-electron chi connectivity index (χ4n) is 0.380. The standard InChI is InChI=1S/C3H4F5O4P/c4-2(1-3(5,6)7)11-13(9,10)12-8/h2H,1H2,(H,9,10). The summed E-state index contributed by atoms with van der Waals surface area (Å²) < 4.78 is 72.4. The normalized spacial score (nSPS) is 19.5. The average molecular weight is 230 g/mol. The van der Waals surface area contributed by atoms with Crippen molar-refractivity contribution < 1.29 is 40.8 Å². The van der Waals surface area contributed by atoms with E-state index >= 15 is 0 Å². The molecule has 80 valence electrons. The van der Waals surface area contributed by atoms with E-state index in [4.69, 9.17) is 4.89 Å². The summed E-state index contributed by atoms with van der Waals surface area (Å²) in [5.74, 6) is 0. The zero-order valence-electron chi connectivity index (χ0n) is 5.79. The van der Waals surface area contributed by atoms with Gasteiger partial charge in [-0.25, -0.2) is 13.5 Å². The number of hydrogen-bond acceptors (Lipinski definition) is 3. The largest absolute Gasteiger partial charge is 0.506 e. The lowest BCUT2D eigenvalue weighted by Crippen LogP contribution is -2.17. The molecule has 0 amide bonds. The summed E-state index contributed by atoms with van der Waals surface area (Å²) in [7, 11) is -5.36. The van der Waals surface area contributed by atoms with Crippen molar-refractivity contribution in [3.05, 3.63) is 0 Å². The molecule has 0 saturated carbocycles. The van der Waals surface area contributed by atoms with Crippen LogP contribution in [0.15, 0.2) is 0 Å². The molecule has 0 aliphatic carbocycles. The van der Waals surface area contributed by atoms with Crippen LogP contribution in [0, 0.1) is 0 Å². The third-order valence-electron chi connectivity index (χ3n) is 0.727. The summed E-state index contributed by atoms with van der Waals surface area (Å²) in [5.41, 5.74) is 0. The van der Waals surface area contributed by atoms with Gasteiger partial charge in [0, 0.05) is 0 Å². The van der Waals surface area contributed by atoms with E-state index in [2.05, 4.69) is 9.25 Å². The molecule has 0 bridgehead atoms. The molecule has 2 atom stereocenters. The van der Waals surface area contributed by atoms with Crippen molar-refractivity contribution in [3.8, 4) is 0 Å². The molecular formula is C3H4F5O4P. The molecule has 2 unspecified atom stereocenters. The van der Waals surface area contributed by atoms with E-state index in [1.54, 1.807) is 0 Å². The molecule has 0 rings (SSSR count). The highest BCUT2D eigenvalue weighted by atomic mass is 31.2. The smallest absolute Gasteiger partial charge is 0.301 e. The Bertz CT molecular complexity index is 204. The Labute approximate surface area is 68.8 Å². The van der Waals surface area contributed by atoms with Crippen LogP contribution in [0.1, 0.15) is 6.42 Å². The second-order valence-electron chi connectivity index (χ2n) is 1.87. The van der Waals surface area contributed by atoms with Crippen LogP contribution < -0.4 is 0 Å². The molecule has 13 heavy (non-hydrogen) atoms. The Morgan fingerprint density at radius 1 is 1.46 bits per heavy atom. The summed E-state index contributed by atoms with van der Waals surface area (Å²) in [6, 6.07) is 0. The third-order valence-corrected chi connectivity index (χ3v) is 1.40. The second kappa shape index (κ2) is 4.32. The molecule has 0 saturated heterocycles. The highest BCUT2D eigenvalue weighted by Gasteiger charge is 2.37. The molecule has 0 fully saturated rings. The lowest BCUT2D eigenvalue weighted by atomic mass is 10.4. The Kier molecular flexibility index (Phi) is 4.24. The minimum absolute atomic E-state index is 2.12. The van der Waals surface area contributed by atoms with Crippen molar-refractivity contribution in [2.75, 3.05) is 0 Å². The van der Waals surface area contributed by atoms with Gasteiger partial charge in [-0.2, -0.15) is 13.2 Å². The van der Waals surface area contributed by atoms with E-state index in [0.717, 1.165) is 0 Å². The SMILES string of the molecule is O=P(O)(OF)OC(F)CC(F)(F)F. The van der Waals surface area contributed by atoms with Gasteiger partial charge >= 0.3 is 14.0 Å². The van der Waals surface area contributed by atoms with Gasteiger partial charge in [-0.1, -0.05) is 4.73 Å². The molecule has 0 radical (unpaired) electrons. The number of phosphoric acid groups is 1. The molecule has 0 heterocycles. The van der Waals surface area contributed by atoms with Gasteiger partial charge in [-0.05, 0) is 4.53 Å². The van der Waals surface area contributed by atoms with E-state index in [1.165, 1.54) is 0 Å². The quantitative estimate of drug-likeness (QED) is 0.594. The van der Waals surface area contributed by atoms with Crippen LogP contribution in [0.5, 0.6) is 0 Å². The van der Waals surface area contributed by atoms with E-state index in [0.29, 0.717) is 0 Å². The maximum atomic E-state index is 12.1. The predicted octanol–water partition coefficient (Wildman–Crippen LogP) is 2.25. The van der Waals surface area contributed by atoms with Crippen molar-refractivity contribution in [1.82, 2.24) is 0 Å². The lowest BCUT2D eigenvalue weighted by molar-refractivity contribution is -0.172. The van der Waals surface area contributed by atoms with Crippen molar-refractivity contribution in [3.63, 3.8) is 0 Å². The predicted molar refractivity (Wildman–Crippen MR) is 28.7 cm³/mol. The summed E-state index contributed by atoms with van der Waals surface area (Å²) >= 11 is 0. The van der Waals surface area contributed by atoms with Gasteiger partial charge in [0.1, 0.15) is 6.42 Å². The van der Waals surface area contributed by atoms with E-state index in [1.807, 2.05) is 0 Å². The monoisotopic (exact) mass is 230 g/mol. The molecule has 0 aromatic rings. The summed E-state index contributed by atoms with van der Waals surface area (Å²) in [5, 5.41) is 0. The van der Waals surface area contributed by atoms with Crippen LogP contribution in [-0.4, -0.2) is 17.4 Å². The highest BCUT2D eigenvalue weighted by Crippen LogP contribution is 2.46. The van der Waals surface area contributed by atoms with E-state index in [9.17, 15) is 26.7 Å². The number of halogens is 5. The van der Waals surface area contributed by atoms with Crippen LogP contribution in [0.25, 0.3) is 0 Å². The zero-order valence-corrected chi connectivity index (χ0v) is 6.69. The van der Waals surface area contributed by atoms with Crippen LogP contribution in [0.4, 0.5) is 22.1 Å². The van der Waals surface area contributed by atoms with Crippen LogP contribution in [0.3, 0.4) is 0 Å². The van der Waals surface area contributed by atoms with E-state index < -0.39 is 26.8 Å². The number of hydrogen-bond donors (Lipinski definition) is 1. The van der Waals surface area contributed by atoms with Gasteiger partial charge in [0.2, 0.25) is 6.36 Å². The molecule has 0 aliphatic rings. The van der Waals surface area contributed by atoms with Crippen molar-refractivity contribution >= 4 is 7.82 Å². The highest BCUT2D eigenvalue weighted by molar-refractivity contribution is 7.47. The molecule has 0 aromatic heterocycles. The summed E-state index contributed by atoms with van der Waals surface area (Å²) in [6.45, 7) is 0. The van der Waals surface area contributed by atoms with Crippen LogP contribution >= 0.6 is 7.82 Å². The Morgan fingerprint density at radius 3 is 2.23 bits per heavy atom. The first-order valence-electron chi connectivity index (χ1n) is 2.68. The van der Waals surface area contributed by atoms with Gasteiger partial charge in [-0.3, -0.25) is 0 Å². The minimum Gasteiger partial charge on any atom is -0.301 e. The Hall–Kier alpha value is -0.240. The Morgan fingerprint density at radius 2 is 1.92 bits per heavy atom. The molecule has 0 aromatic carbocycles. The van der Waals surface area contributed by atoms with Gasteiger partial charge in [0.25, 0.3) is 0 Å². The average Bonchev–Trinajstić information content (AvgIpc) is 1.81. The molecular weight excluding hydrogens is 226 g/mol. The first-order chi connectivity index (χ1) is 5.66. The molecule has 10 heteroatoms. The minimum atomic E-state index is -5.36. The Balaban J connectivity index is 4.02. The lowest BCUT2D eigenvalue weighted by Gasteiger charge is -2.12. The van der Waals surface area contributed by atoms with Gasteiger partial charge in [0.15, 0.2) is 0 Å². The first-order valence-corrected chi connectivity index (χ1v) is 4.18. The van der Waals surface area contributed by atoms with Crippen molar-refractivity contribution in [2.45, 2.75) is 19.0 Å². The van der Waals surface area contributed by atoms with Crippen LogP contribution in [0.2, 0.25) is 0 Å². The van der Waals surface area contributed by atoms with Gasteiger partial charge < -0.3 is 4.89 Å². The van der Waals surface area contributed by atoms with Crippen LogP contribution in [-0.2, 0) is 13.8 Å². The van der Waals surface area contributed by atoms with Crippen molar-refractivity contribution in [2.24, 2.45) is 0 Å². The third kappa shape index (κ3) is 6.88. The maximum absolute atomic E-state index is 12.1. The number of alkyl halides is 4. The molecule has 0 spiro atoms. The maximum Gasteiger partial charge on any atom is 0.506 e. The first kappa shape index (κ1) is 12.8.